The molecule has 1 fully saturated rings. The number of carbonyl (C=O) groups is 3. The molecule has 1 aliphatic rings. The molecule has 1 aromatic heterocycles. The van der Waals surface area contributed by atoms with E-state index >= 15 is 0 Å². The molecule has 2 aromatic rings. The molecule has 15 heteroatoms. The van der Waals surface area contributed by atoms with Crippen LogP contribution < -0.4 is 15.0 Å². The second-order valence-corrected chi connectivity index (χ2v) is 16.2. The van der Waals surface area contributed by atoms with E-state index in [-0.39, 0.29) is 44.4 Å². The fourth-order valence-corrected chi connectivity index (χ4v) is 6.33. The predicted octanol–water partition coefficient (Wildman–Crippen LogP) is 6.26. The van der Waals surface area contributed by atoms with E-state index in [1.807, 2.05) is 40.8 Å². The van der Waals surface area contributed by atoms with Crippen molar-refractivity contribution in [1.29, 1.82) is 5.26 Å². The van der Waals surface area contributed by atoms with Crippen LogP contribution in [0.4, 0.5) is 15.5 Å². The van der Waals surface area contributed by atoms with Crippen molar-refractivity contribution in [1.82, 2.24) is 20.2 Å². The van der Waals surface area contributed by atoms with E-state index in [0.717, 1.165) is 4.90 Å². The van der Waals surface area contributed by atoms with Crippen molar-refractivity contribution >= 4 is 35.6 Å². The summed E-state index contributed by atoms with van der Waals surface area (Å²) in [6.07, 6.45) is 1.14. The predicted molar refractivity (Wildman–Crippen MR) is 196 cm³/mol. The minimum Gasteiger partial charge on any atom is -0.489 e. The summed E-state index contributed by atoms with van der Waals surface area (Å²) in [5.41, 5.74) is -1.67. The van der Waals surface area contributed by atoms with Gasteiger partial charge in [-0.1, -0.05) is 39.3 Å². The first-order valence-electron chi connectivity index (χ1n) is 17.2. The molecule has 0 unspecified atom stereocenters. The standard InChI is InChI=1S/C37H53ClN6O8/c1-34(2,3)51-32(46)44(33(47)52-35(4,5)6)15-17-49-19-18-48-16-14-43(11)31-40-22-25(23-41-31)28(45)42-29-36(7,8)30(37(29,9)10)50-26-13-12-24(21-39)27(38)20-26/h12-13,20,22-23,29-30H,14-19H2,1-11H3,(H,42,45). The molecule has 3 amide bonds. The van der Waals surface area contributed by atoms with Crippen molar-refractivity contribution in [2.75, 3.05) is 51.5 Å². The number of benzene rings is 1. The lowest BCUT2D eigenvalue weighted by molar-refractivity contribution is -0.164. The van der Waals surface area contributed by atoms with Gasteiger partial charge in [0.1, 0.15) is 29.1 Å². The monoisotopic (exact) mass is 744 g/mol. The third-order valence-corrected chi connectivity index (χ3v) is 8.61. The number of ether oxygens (including phenoxy) is 5. The van der Waals surface area contributed by atoms with Crippen molar-refractivity contribution < 1.29 is 38.1 Å². The quantitative estimate of drug-likeness (QED) is 0.216. The van der Waals surface area contributed by atoms with Crippen LogP contribution in [-0.4, -0.2) is 103 Å². The Balaban J connectivity index is 1.41. The van der Waals surface area contributed by atoms with E-state index in [9.17, 15) is 14.4 Å². The number of likely N-dealkylation sites (N-methyl/N-ethyl adjacent to an activating group) is 1. The zero-order valence-corrected chi connectivity index (χ0v) is 32.9. The Kier molecular flexibility index (Phi) is 13.9. The number of hydrogen-bond acceptors (Lipinski definition) is 12. The average molecular weight is 745 g/mol. The molecule has 1 N–H and O–H groups in total. The zero-order chi connectivity index (χ0) is 39.1. The van der Waals surface area contributed by atoms with Gasteiger partial charge in [0.2, 0.25) is 5.95 Å². The van der Waals surface area contributed by atoms with Crippen LogP contribution in [0.1, 0.15) is 85.2 Å². The summed E-state index contributed by atoms with van der Waals surface area (Å²) in [6.45, 7) is 19.8. The van der Waals surface area contributed by atoms with Gasteiger partial charge in [-0.05, 0) is 53.7 Å². The smallest absolute Gasteiger partial charge is 0.419 e. The maximum absolute atomic E-state index is 13.2. The second-order valence-electron chi connectivity index (χ2n) is 15.8. The number of anilines is 1. The molecular formula is C37H53ClN6O8. The third kappa shape index (κ3) is 11.4. The van der Waals surface area contributed by atoms with Crippen LogP contribution in [-0.2, 0) is 18.9 Å². The van der Waals surface area contributed by atoms with Crippen LogP contribution in [0, 0.1) is 22.2 Å². The van der Waals surface area contributed by atoms with E-state index in [1.54, 1.807) is 64.6 Å². The second kappa shape index (κ2) is 17.1. The molecule has 0 aliphatic heterocycles. The summed E-state index contributed by atoms with van der Waals surface area (Å²) in [5, 5.41) is 12.6. The van der Waals surface area contributed by atoms with Crippen LogP contribution in [0.2, 0.25) is 5.02 Å². The van der Waals surface area contributed by atoms with Gasteiger partial charge in [-0.25, -0.2) is 24.5 Å². The number of amides is 3. The first kappa shape index (κ1) is 42.2. The molecule has 0 bridgehead atoms. The number of aromatic nitrogens is 2. The summed E-state index contributed by atoms with van der Waals surface area (Å²) in [6, 6.07) is 6.83. The summed E-state index contributed by atoms with van der Waals surface area (Å²) in [4.78, 5) is 49.9. The van der Waals surface area contributed by atoms with Gasteiger partial charge in [0.05, 0.1) is 49.1 Å². The Hall–Kier alpha value is -4.19. The van der Waals surface area contributed by atoms with Crippen molar-refractivity contribution in [2.45, 2.75) is 92.6 Å². The van der Waals surface area contributed by atoms with Crippen molar-refractivity contribution in [2.24, 2.45) is 10.8 Å². The van der Waals surface area contributed by atoms with Crippen LogP contribution in [0.25, 0.3) is 0 Å². The van der Waals surface area contributed by atoms with Crippen molar-refractivity contribution in [3.8, 4) is 11.8 Å². The normalized spacial score (nSPS) is 17.6. The fraction of sp³-hybridized carbons (Fsp3) is 0.622. The molecule has 14 nitrogen and oxygen atoms in total. The number of imide groups is 1. The maximum atomic E-state index is 13.2. The van der Waals surface area contributed by atoms with Crippen LogP contribution >= 0.6 is 11.6 Å². The van der Waals surface area contributed by atoms with Gasteiger partial charge < -0.3 is 33.9 Å². The van der Waals surface area contributed by atoms with Crippen molar-refractivity contribution in [3.63, 3.8) is 0 Å². The van der Waals surface area contributed by atoms with Crippen molar-refractivity contribution in [3.05, 3.63) is 46.7 Å². The Morgan fingerprint density at radius 2 is 1.40 bits per heavy atom. The lowest BCUT2D eigenvalue weighted by Gasteiger charge is -2.63. The first-order chi connectivity index (χ1) is 24.1. The van der Waals surface area contributed by atoms with E-state index in [1.165, 1.54) is 12.4 Å². The third-order valence-electron chi connectivity index (χ3n) is 8.30. The van der Waals surface area contributed by atoms with Gasteiger partial charge in [-0.2, -0.15) is 5.26 Å². The van der Waals surface area contributed by atoms with Crippen LogP contribution in [0.5, 0.6) is 5.75 Å². The summed E-state index contributed by atoms with van der Waals surface area (Å²) >= 11 is 6.21. The van der Waals surface area contributed by atoms with E-state index in [0.29, 0.717) is 41.0 Å². The number of nitrogens with one attached hydrogen (secondary N) is 1. The SMILES string of the molecule is CN(CCOCCOCCN(C(=O)OC(C)(C)C)C(=O)OC(C)(C)C)c1ncc(C(=O)NC2C(C)(C)C(Oc3ccc(C#N)c(Cl)c3)C2(C)C)cn1. The van der Waals surface area contributed by atoms with Gasteiger partial charge in [-0.15, -0.1) is 0 Å². The van der Waals surface area contributed by atoms with Gasteiger partial charge in [-0.3, -0.25) is 4.79 Å². The highest BCUT2D eigenvalue weighted by atomic mass is 35.5. The lowest BCUT2D eigenvalue weighted by Crippen LogP contribution is -2.74. The van der Waals surface area contributed by atoms with Crippen LogP contribution in [0.3, 0.4) is 0 Å². The minimum atomic E-state index is -0.807. The van der Waals surface area contributed by atoms with Gasteiger partial charge in [0.15, 0.2) is 0 Å². The number of nitrogens with zero attached hydrogens (tertiary/aromatic N) is 5. The Bertz CT molecular complexity index is 1550. The molecule has 3 rings (SSSR count). The summed E-state index contributed by atoms with van der Waals surface area (Å²) in [7, 11) is 1.82. The first-order valence-corrected chi connectivity index (χ1v) is 17.5. The fourth-order valence-electron chi connectivity index (χ4n) is 6.12. The average Bonchev–Trinajstić information content (AvgIpc) is 3.03. The molecule has 0 spiro atoms. The molecule has 286 valence electrons. The van der Waals surface area contributed by atoms with E-state index in [2.05, 4.69) is 15.3 Å². The number of hydrogen-bond donors (Lipinski definition) is 1. The van der Waals surface area contributed by atoms with Gasteiger partial charge >= 0.3 is 12.2 Å². The molecule has 0 saturated heterocycles. The number of carbonyl (C=O) groups excluding carboxylic acids is 3. The lowest BCUT2D eigenvalue weighted by atomic mass is 9.49. The van der Waals surface area contributed by atoms with Crippen LogP contribution in [0.15, 0.2) is 30.6 Å². The van der Waals surface area contributed by atoms with E-state index in [4.69, 9.17) is 40.5 Å². The van der Waals surface area contributed by atoms with E-state index < -0.39 is 34.2 Å². The Morgan fingerprint density at radius 3 is 1.88 bits per heavy atom. The minimum absolute atomic E-state index is 0.0430. The largest absolute Gasteiger partial charge is 0.489 e. The molecule has 1 heterocycles. The Labute approximate surface area is 312 Å². The van der Waals surface area contributed by atoms with Gasteiger partial charge in [0.25, 0.3) is 5.91 Å². The molecule has 52 heavy (non-hydrogen) atoms. The number of nitriles is 1. The number of halogens is 1. The zero-order valence-electron chi connectivity index (χ0n) is 32.2. The topological polar surface area (TPSA) is 165 Å². The highest BCUT2D eigenvalue weighted by molar-refractivity contribution is 6.31. The Morgan fingerprint density at radius 1 is 0.885 bits per heavy atom. The highest BCUT2D eigenvalue weighted by Gasteiger charge is 2.64. The molecule has 1 aromatic carbocycles. The summed E-state index contributed by atoms with van der Waals surface area (Å²) < 4.78 is 28.3. The molecule has 1 saturated carbocycles. The molecule has 0 atom stereocenters. The van der Waals surface area contributed by atoms with Gasteiger partial charge in [0, 0.05) is 48.9 Å². The number of rotatable bonds is 14. The molecule has 0 radical (unpaired) electrons. The summed E-state index contributed by atoms with van der Waals surface area (Å²) in [5.74, 6) is 0.704. The maximum Gasteiger partial charge on any atom is 0.419 e. The molecule has 1 aliphatic carbocycles. The molecular weight excluding hydrogens is 692 g/mol. The highest BCUT2D eigenvalue weighted by Crippen LogP contribution is 2.55.